The van der Waals surface area contributed by atoms with Gasteiger partial charge in [-0.15, -0.1) is 0 Å². The van der Waals surface area contributed by atoms with Crippen LogP contribution in [-0.4, -0.2) is 37.1 Å². The smallest absolute Gasteiger partial charge is 0.274 e. The van der Waals surface area contributed by atoms with E-state index in [1.807, 2.05) is 0 Å². The maximum absolute atomic E-state index is 12.6. The van der Waals surface area contributed by atoms with Crippen LogP contribution in [0.15, 0.2) is 30.3 Å². The van der Waals surface area contributed by atoms with Gasteiger partial charge in [0, 0.05) is 17.7 Å². The number of nitro benzene ring substituents is 1. The Labute approximate surface area is 157 Å². The third kappa shape index (κ3) is 3.75. The number of rotatable bonds is 6. The highest BCUT2D eigenvalue weighted by molar-refractivity contribution is 7.22. The van der Waals surface area contributed by atoms with Gasteiger partial charge in [0.05, 0.1) is 37.0 Å². The zero-order valence-corrected chi connectivity index (χ0v) is 15.5. The number of nitro groups is 1. The zero-order chi connectivity index (χ0) is 19.6. The lowest BCUT2D eigenvalue weighted by atomic mass is 10.2. The predicted octanol–water partition coefficient (Wildman–Crippen LogP) is 3.48. The first-order valence-corrected chi connectivity index (χ1v) is 8.44. The van der Waals surface area contributed by atoms with Gasteiger partial charge in [0.2, 0.25) is 0 Å². The van der Waals surface area contributed by atoms with E-state index in [2.05, 4.69) is 10.3 Å². The quantitative estimate of drug-likeness (QED) is 0.507. The summed E-state index contributed by atoms with van der Waals surface area (Å²) in [7, 11) is 4.38. The van der Waals surface area contributed by atoms with Crippen LogP contribution in [-0.2, 0) is 0 Å². The molecule has 0 unspecified atom stereocenters. The predicted molar refractivity (Wildman–Crippen MR) is 100 cm³/mol. The molecule has 0 fully saturated rings. The standard InChI is InChI=1S/C17H15N3O6S/c1-24-11-4-9(5-12(8-11)25-2)16(21)19-17-18-15-13(26-3)6-10(20(22)23)7-14(15)27-17/h4-8H,1-3H3,(H,18,19,21). The Bertz CT molecular complexity index is 1010. The van der Waals surface area contributed by atoms with Gasteiger partial charge in [-0.25, -0.2) is 4.98 Å². The number of aromatic nitrogens is 1. The number of methoxy groups -OCH3 is 3. The second-order valence-electron chi connectivity index (χ2n) is 5.33. The number of nitrogens with one attached hydrogen (secondary N) is 1. The van der Waals surface area contributed by atoms with Gasteiger partial charge in [-0.1, -0.05) is 11.3 Å². The lowest BCUT2D eigenvalue weighted by Crippen LogP contribution is -2.12. The summed E-state index contributed by atoms with van der Waals surface area (Å²) in [6.07, 6.45) is 0. The average molecular weight is 389 g/mol. The first-order valence-electron chi connectivity index (χ1n) is 7.62. The minimum Gasteiger partial charge on any atom is -0.497 e. The summed E-state index contributed by atoms with van der Waals surface area (Å²) in [4.78, 5) is 27.4. The van der Waals surface area contributed by atoms with Crippen molar-refractivity contribution in [2.24, 2.45) is 0 Å². The highest BCUT2D eigenvalue weighted by Gasteiger charge is 2.18. The Morgan fingerprint density at radius 1 is 1.07 bits per heavy atom. The third-order valence-corrected chi connectivity index (χ3v) is 4.63. The number of fused-ring (bicyclic) bond motifs is 1. The van der Waals surface area contributed by atoms with E-state index in [1.165, 1.54) is 33.5 Å². The van der Waals surface area contributed by atoms with E-state index in [0.717, 1.165) is 11.3 Å². The summed E-state index contributed by atoms with van der Waals surface area (Å²) < 4.78 is 16.0. The van der Waals surface area contributed by atoms with Crippen molar-refractivity contribution in [2.75, 3.05) is 26.6 Å². The number of benzene rings is 2. The minimum atomic E-state index is -0.511. The molecule has 3 aromatic rings. The Balaban J connectivity index is 1.95. The Hall–Kier alpha value is -3.40. The largest absolute Gasteiger partial charge is 0.497 e. The van der Waals surface area contributed by atoms with Crippen molar-refractivity contribution in [1.82, 2.24) is 4.98 Å². The molecule has 2 aromatic carbocycles. The molecular formula is C17H15N3O6S. The maximum atomic E-state index is 12.6. The highest BCUT2D eigenvalue weighted by Crippen LogP contribution is 2.36. The van der Waals surface area contributed by atoms with Crippen LogP contribution in [0.3, 0.4) is 0 Å². The van der Waals surface area contributed by atoms with Crippen LogP contribution in [0.1, 0.15) is 10.4 Å². The number of thiazole rings is 1. The van der Waals surface area contributed by atoms with E-state index in [9.17, 15) is 14.9 Å². The molecule has 1 heterocycles. The topological polar surface area (TPSA) is 113 Å². The lowest BCUT2D eigenvalue weighted by molar-refractivity contribution is -0.384. The molecule has 0 spiro atoms. The van der Waals surface area contributed by atoms with Crippen molar-refractivity contribution in [2.45, 2.75) is 0 Å². The summed E-state index contributed by atoms with van der Waals surface area (Å²) >= 11 is 1.11. The number of hydrogen-bond donors (Lipinski definition) is 1. The van der Waals surface area contributed by atoms with Crippen LogP contribution in [0.5, 0.6) is 17.2 Å². The number of carbonyl (C=O) groups excluding carboxylic acids is 1. The molecule has 3 rings (SSSR count). The molecule has 0 saturated heterocycles. The second kappa shape index (κ2) is 7.46. The van der Waals surface area contributed by atoms with Crippen molar-refractivity contribution in [3.8, 4) is 17.2 Å². The number of ether oxygens (including phenoxy) is 3. The van der Waals surface area contributed by atoms with Gasteiger partial charge in [0.1, 0.15) is 17.0 Å². The molecule has 0 saturated carbocycles. The van der Waals surface area contributed by atoms with Crippen molar-refractivity contribution < 1.29 is 23.9 Å². The van der Waals surface area contributed by atoms with Gasteiger partial charge in [0.25, 0.3) is 11.6 Å². The van der Waals surface area contributed by atoms with Gasteiger partial charge >= 0.3 is 0 Å². The molecule has 10 heteroatoms. The molecule has 0 aliphatic heterocycles. The molecule has 0 aliphatic carbocycles. The van der Waals surface area contributed by atoms with Crippen LogP contribution >= 0.6 is 11.3 Å². The van der Waals surface area contributed by atoms with Crippen LogP contribution < -0.4 is 19.5 Å². The fraction of sp³-hybridized carbons (Fsp3) is 0.176. The monoisotopic (exact) mass is 389 g/mol. The number of amides is 1. The average Bonchev–Trinajstić information content (AvgIpc) is 3.08. The van der Waals surface area contributed by atoms with Crippen molar-refractivity contribution >= 4 is 38.3 Å². The fourth-order valence-electron chi connectivity index (χ4n) is 2.41. The van der Waals surface area contributed by atoms with Gasteiger partial charge < -0.3 is 14.2 Å². The zero-order valence-electron chi connectivity index (χ0n) is 14.6. The molecule has 140 valence electrons. The molecule has 1 N–H and O–H groups in total. The maximum Gasteiger partial charge on any atom is 0.274 e. The minimum absolute atomic E-state index is 0.113. The first kappa shape index (κ1) is 18.4. The molecule has 0 atom stereocenters. The van der Waals surface area contributed by atoms with Gasteiger partial charge in [-0.05, 0) is 12.1 Å². The molecule has 1 amide bonds. The Morgan fingerprint density at radius 3 is 2.30 bits per heavy atom. The summed E-state index contributed by atoms with van der Waals surface area (Å²) in [5.41, 5.74) is 0.647. The van der Waals surface area contributed by atoms with E-state index in [1.54, 1.807) is 18.2 Å². The van der Waals surface area contributed by atoms with E-state index < -0.39 is 10.8 Å². The molecule has 0 bridgehead atoms. The number of carbonyl (C=O) groups is 1. The van der Waals surface area contributed by atoms with Crippen LogP contribution in [0.4, 0.5) is 10.8 Å². The number of nitrogens with zero attached hydrogens (tertiary/aromatic N) is 2. The van der Waals surface area contributed by atoms with E-state index in [4.69, 9.17) is 14.2 Å². The summed E-state index contributed by atoms with van der Waals surface area (Å²) in [6, 6.07) is 7.46. The SMILES string of the molecule is COc1cc(OC)cc(C(=O)Nc2nc3c(OC)cc([N+](=O)[O-])cc3s2)c1. The molecule has 0 aliphatic rings. The highest BCUT2D eigenvalue weighted by atomic mass is 32.1. The van der Waals surface area contributed by atoms with E-state index >= 15 is 0 Å². The Morgan fingerprint density at radius 2 is 1.74 bits per heavy atom. The summed E-state index contributed by atoms with van der Waals surface area (Å²) in [5.74, 6) is 0.793. The first-order chi connectivity index (χ1) is 12.9. The van der Waals surface area contributed by atoms with Crippen LogP contribution in [0, 0.1) is 10.1 Å². The summed E-state index contributed by atoms with van der Waals surface area (Å²) in [6.45, 7) is 0. The normalized spacial score (nSPS) is 10.5. The fourth-order valence-corrected chi connectivity index (χ4v) is 3.32. The lowest BCUT2D eigenvalue weighted by Gasteiger charge is -2.07. The van der Waals surface area contributed by atoms with Crippen molar-refractivity contribution in [3.63, 3.8) is 0 Å². The van der Waals surface area contributed by atoms with Crippen LogP contribution in [0.25, 0.3) is 10.2 Å². The van der Waals surface area contributed by atoms with Gasteiger partial charge in [-0.2, -0.15) is 0 Å². The number of hydrogen-bond acceptors (Lipinski definition) is 8. The number of non-ortho nitro benzene ring substituents is 1. The molecule has 0 radical (unpaired) electrons. The third-order valence-electron chi connectivity index (χ3n) is 3.71. The van der Waals surface area contributed by atoms with Gasteiger partial charge in [0.15, 0.2) is 10.9 Å². The van der Waals surface area contributed by atoms with E-state index in [0.29, 0.717) is 27.3 Å². The molecule has 9 nitrogen and oxygen atoms in total. The van der Waals surface area contributed by atoms with Crippen molar-refractivity contribution in [3.05, 3.63) is 46.0 Å². The molecule has 27 heavy (non-hydrogen) atoms. The molecule has 1 aromatic heterocycles. The summed E-state index contributed by atoms with van der Waals surface area (Å²) in [5, 5.41) is 14.0. The van der Waals surface area contributed by atoms with Gasteiger partial charge in [-0.3, -0.25) is 20.2 Å². The number of anilines is 1. The van der Waals surface area contributed by atoms with Crippen molar-refractivity contribution in [1.29, 1.82) is 0 Å². The molecular weight excluding hydrogens is 374 g/mol. The second-order valence-corrected chi connectivity index (χ2v) is 6.36. The van der Waals surface area contributed by atoms with Crippen LogP contribution in [0.2, 0.25) is 0 Å². The Kier molecular flexibility index (Phi) is 5.08. The van der Waals surface area contributed by atoms with E-state index in [-0.39, 0.29) is 16.6 Å².